The smallest absolute Gasteiger partial charge is 0.126 e. The Hall–Kier alpha value is -8.46. The predicted octanol–water partition coefficient (Wildman–Crippen LogP) is 16.1. The van der Waals surface area contributed by atoms with Gasteiger partial charge in [-0.1, -0.05) is 255 Å². The van der Waals surface area contributed by atoms with Crippen molar-refractivity contribution in [1.82, 2.24) is 0 Å². The van der Waals surface area contributed by atoms with Gasteiger partial charge >= 0.3 is 0 Å². The zero-order chi connectivity index (χ0) is 44.9. The van der Waals surface area contributed by atoms with E-state index in [2.05, 4.69) is 255 Å². The van der Waals surface area contributed by atoms with E-state index in [-0.39, 0.29) is 0 Å². The molecular weight excluding hydrogens is 801 g/mol. The Bertz CT molecular complexity index is 2810. The van der Waals surface area contributed by atoms with Crippen LogP contribution in [0.15, 0.2) is 243 Å². The van der Waals surface area contributed by atoms with Crippen LogP contribution in [0.1, 0.15) is 66.8 Å². The van der Waals surface area contributed by atoms with Gasteiger partial charge in [-0.3, -0.25) is 0 Å². The molecule has 318 valence electrons. The van der Waals surface area contributed by atoms with Crippen molar-refractivity contribution in [3.63, 3.8) is 0 Å². The topological polar surface area (TPSA) is 18.5 Å². The van der Waals surface area contributed by atoms with E-state index in [1.165, 1.54) is 44.5 Å². The highest BCUT2D eigenvalue weighted by atomic mass is 16.5. The molecule has 0 aliphatic rings. The lowest BCUT2D eigenvalue weighted by molar-refractivity contribution is 0.401. The summed E-state index contributed by atoms with van der Waals surface area (Å²) in [5.74, 6) is 1.52. The van der Waals surface area contributed by atoms with E-state index in [9.17, 15) is 0 Å². The van der Waals surface area contributed by atoms with Crippen molar-refractivity contribution >= 4 is 46.6 Å². The molecule has 2 heteroatoms. The molecule has 0 bridgehead atoms. The maximum atomic E-state index is 5.96. The predicted molar refractivity (Wildman–Crippen MR) is 279 cm³/mol. The Morgan fingerprint density at radius 2 is 0.470 bits per heavy atom. The van der Waals surface area contributed by atoms with Crippen molar-refractivity contribution in [2.75, 3.05) is 14.2 Å². The summed E-state index contributed by atoms with van der Waals surface area (Å²) in [6.45, 7) is 0. The van der Waals surface area contributed by atoms with Crippen LogP contribution in [0.4, 0.5) is 0 Å². The summed E-state index contributed by atoms with van der Waals surface area (Å²) < 4.78 is 11.9. The number of ether oxygens (including phenoxy) is 2. The highest BCUT2D eigenvalue weighted by Crippen LogP contribution is 2.39. The molecule has 0 atom stereocenters. The molecule has 0 saturated heterocycles. The summed E-state index contributed by atoms with van der Waals surface area (Å²) in [6.07, 6.45) is 8.43. The molecule has 0 aromatic heterocycles. The van der Waals surface area contributed by atoms with E-state index >= 15 is 0 Å². The summed E-state index contributed by atoms with van der Waals surface area (Å²) >= 11 is 0. The highest BCUT2D eigenvalue weighted by Gasteiger charge is 2.18. The Kier molecular flexibility index (Phi) is 13.5. The first-order valence-corrected chi connectivity index (χ1v) is 22.3. The van der Waals surface area contributed by atoms with Crippen LogP contribution in [-0.2, 0) is 0 Å². The lowest BCUT2D eigenvalue weighted by Crippen LogP contribution is -1.97. The van der Waals surface area contributed by atoms with Gasteiger partial charge in [-0.15, -0.1) is 0 Å². The molecule has 0 heterocycles. The van der Waals surface area contributed by atoms with Crippen molar-refractivity contribution < 1.29 is 9.47 Å². The zero-order valence-corrected chi connectivity index (χ0v) is 37.2. The van der Waals surface area contributed by atoms with E-state index in [1.807, 2.05) is 12.1 Å². The third-order valence-corrected chi connectivity index (χ3v) is 11.8. The first kappa shape index (κ1) is 42.8. The average molecular weight is 851 g/mol. The van der Waals surface area contributed by atoms with Crippen LogP contribution in [-0.4, -0.2) is 14.2 Å². The molecule has 0 saturated carbocycles. The molecule has 0 aliphatic heterocycles. The van der Waals surface area contributed by atoms with Crippen molar-refractivity contribution in [2.45, 2.75) is 0 Å². The number of methoxy groups -OCH3 is 2. The van der Waals surface area contributed by atoms with Gasteiger partial charge in [0.05, 0.1) is 14.2 Å². The van der Waals surface area contributed by atoms with Gasteiger partial charge in [0.2, 0.25) is 0 Å². The van der Waals surface area contributed by atoms with E-state index in [1.54, 1.807) is 14.2 Å². The number of benzene rings is 9. The molecule has 2 nitrogen and oxygen atoms in total. The summed E-state index contributed by atoms with van der Waals surface area (Å²) in [5.41, 5.74) is 18.1. The first-order chi connectivity index (χ1) is 32.7. The molecule has 0 aliphatic carbocycles. The molecule has 9 aromatic rings. The second-order valence-electron chi connectivity index (χ2n) is 15.9. The monoisotopic (exact) mass is 850 g/mol. The van der Waals surface area contributed by atoms with Crippen LogP contribution < -0.4 is 9.47 Å². The van der Waals surface area contributed by atoms with Gasteiger partial charge in [-0.05, 0) is 90.1 Å². The largest absolute Gasteiger partial charge is 0.496 e. The average Bonchev–Trinajstić information content (AvgIpc) is 3.40. The second-order valence-corrected chi connectivity index (χ2v) is 15.9. The minimum absolute atomic E-state index is 0.760. The van der Waals surface area contributed by atoms with Crippen LogP contribution in [0.3, 0.4) is 0 Å². The fourth-order valence-corrected chi connectivity index (χ4v) is 8.55. The molecule has 0 spiro atoms. The van der Waals surface area contributed by atoms with Gasteiger partial charge < -0.3 is 9.47 Å². The fraction of sp³-hybridized carbons (Fsp3) is 0.0312. The van der Waals surface area contributed by atoms with Crippen LogP contribution in [0.5, 0.6) is 11.5 Å². The van der Waals surface area contributed by atoms with Crippen LogP contribution in [0.2, 0.25) is 0 Å². The van der Waals surface area contributed by atoms with Gasteiger partial charge in [0.15, 0.2) is 0 Å². The van der Waals surface area contributed by atoms with Crippen LogP contribution >= 0.6 is 0 Å². The van der Waals surface area contributed by atoms with E-state index in [0.29, 0.717) is 0 Å². The molecular formula is C64H50O2. The molecule has 0 N–H and O–H groups in total. The number of hydrogen-bond acceptors (Lipinski definition) is 2. The van der Waals surface area contributed by atoms with Crippen molar-refractivity contribution in [3.8, 4) is 11.5 Å². The Labute approximate surface area is 389 Å². The molecule has 9 rings (SSSR count). The van der Waals surface area contributed by atoms with Gasteiger partial charge in [-0.25, -0.2) is 0 Å². The van der Waals surface area contributed by atoms with Gasteiger partial charge in [0, 0.05) is 11.1 Å². The Morgan fingerprint density at radius 1 is 0.258 bits per heavy atom. The van der Waals surface area contributed by atoms with E-state index in [4.69, 9.17) is 9.47 Å². The standard InChI is InChI=1S/C64H50O2/c1-65-59-45-58(44-38-48-35-41-56(42-36-48)64(54-31-19-8-20-32-54)62(51-25-13-5-14-26-51)52-27-15-6-16-28-52)60(66-2)46-57(59)43-37-47-33-39-55(40-34-47)63(53-29-17-7-18-30-53)61(49-21-9-3-10-22-49)50-23-11-4-12-24-50/h3-46H,1-2H3. The number of hydrogen-bond donors (Lipinski definition) is 0. The van der Waals surface area contributed by atoms with E-state index < -0.39 is 0 Å². The van der Waals surface area contributed by atoms with Crippen LogP contribution in [0.25, 0.3) is 46.6 Å². The minimum atomic E-state index is 0.760. The molecule has 0 amide bonds. The quantitative estimate of drug-likeness (QED) is 0.102. The lowest BCUT2D eigenvalue weighted by Gasteiger charge is -2.18. The maximum absolute atomic E-state index is 5.96. The molecule has 0 unspecified atom stereocenters. The Balaban J connectivity index is 1.00. The SMILES string of the molecule is COc1cc(C=Cc2ccc(C(=C(c3ccccc3)c3ccccc3)c3ccccc3)cc2)c(OC)cc1C=Cc1ccc(C(=C(c2ccccc2)c2ccccc2)c2ccccc2)cc1. The van der Waals surface area contributed by atoms with E-state index in [0.717, 1.165) is 56.0 Å². The van der Waals surface area contributed by atoms with Crippen LogP contribution in [0, 0.1) is 0 Å². The van der Waals surface area contributed by atoms with Gasteiger partial charge in [-0.2, -0.15) is 0 Å². The Morgan fingerprint density at radius 3 is 0.682 bits per heavy atom. The summed E-state index contributed by atoms with van der Waals surface area (Å²) in [4.78, 5) is 0. The molecule has 0 radical (unpaired) electrons. The zero-order valence-electron chi connectivity index (χ0n) is 37.2. The molecule has 0 fully saturated rings. The third-order valence-electron chi connectivity index (χ3n) is 11.8. The lowest BCUT2D eigenvalue weighted by atomic mass is 9.85. The highest BCUT2D eigenvalue weighted by molar-refractivity contribution is 6.05. The van der Waals surface area contributed by atoms with Crippen molar-refractivity contribution in [3.05, 3.63) is 309 Å². The van der Waals surface area contributed by atoms with Gasteiger partial charge in [0.1, 0.15) is 11.5 Å². The summed E-state index contributed by atoms with van der Waals surface area (Å²) in [7, 11) is 3.43. The van der Waals surface area contributed by atoms with Crippen molar-refractivity contribution in [2.24, 2.45) is 0 Å². The summed E-state index contributed by atoms with van der Waals surface area (Å²) in [5, 5.41) is 0. The normalized spacial score (nSPS) is 11.1. The van der Waals surface area contributed by atoms with Crippen molar-refractivity contribution in [1.29, 1.82) is 0 Å². The fourth-order valence-electron chi connectivity index (χ4n) is 8.55. The molecule has 66 heavy (non-hydrogen) atoms. The number of rotatable bonds is 14. The van der Waals surface area contributed by atoms with Gasteiger partial charge in [0.25, 0.3) is 0 Å². The second kappa shape index (κ2) is 20.8. The maximum Gasteiger partial charge on any atom is 0.126 e. The summed E-state index contributed by atoms with van der Waals surface area (Å²) in [6, 6.07) is 85.6. The minimum Gasteiger partial charge on any atom is -0.496 e. The third kappa shape index (κ3) is 9.85. The first-order valence-electron chi connectivity index (χ1n) is 22.3. The molecule has 9 aromatic carbocycles.